The zero-order valence-electron chi connectivity index (χ0n) is 43.0. The first-order valence-electron chi connectivity index (χ1n) is 26.1. The molecule has 1 aliphatic carbocycles. The molecule has 0 saturated heterocycles. The molecule has 0 unspecified atom stereocenters. The molecule has 0 atom stereocenters. The second-order valence-electron chi connectivity index (χ2n) is 21.2. The summed E-state index contributed by atoms with van der Waals surface area (Å²) in [4.78, 5) is 4.95. The summed E-state index contributed by atoms with van der Waals surface area (Å²) in [5.74, 6) is 0. The van der Waals surface area contributed by atoms with E-state index in [1.165, 1.54) is 55.3 Å². The van der Waals surface area contributed by atoms with E-state index in [2.05, 4.69) is 245 Å². The summed E-state index contributed by atoms with van der Waals surface area (Å²) in [7, 11) is 0. The van der Waals surface area contributed by atoms with Crippen LogP contribution in [-0.2, 0) is 5.41 Å². The van der Waals surface area contributed by atoms with Crippen molar-refractivity contribution in [3.8, 4) is 33.4 Å². The summed E-state index contributed by atoms with van der Waals surface area (Å²) in [5.41, 5.74) is 24.7. The molecule has 0 saturated carbocycles. The lowest BCUT2D eigenvalue weighted by atomic mass is 9.81. The molecule has 0 bridgehead atoms. The molecule has 11 aromatic carbocycles. The van der Waals surface area contributed by atoms with E-state index in [0.29, 0.717) is 0 Å². The summed E-state index contributed by atoms with van der Waals surface area (Å²) in [6.45, 7) is 13.6. The molecule has 0 radical (unpaired) electrons. The van der Waals surface area contributed by atoms with Gasteiger partial charge in [0.05, 0.1) is 5.69 Å². The quantitative estimate of drug-likeness (QED) is 0.152. The average molecular weight is 967 g/mol. The zero-order valence-corrected chi connectivity index (χ0v) is 43.0. The highest BCUT2D eigenvalue weighted by Gasteiger charge is 2.39. The van der Waals surface area contributed by atoms with Gasteiger partial charge in [-0.15, -0.1) is 0 Å². The maximum Gasteiger partial charge on any atom is 0.135 e. The van der Waals surface area contributed by atoms with E-state index in [0.717, 1.165) is 100 Å². The average Bonchev–Trinajstić information content (AvgIpc) is 4.11. The van der Waals surface area contributed by atoms with Gasteiger partial charge in [0.1, 0.15) is 22.3 Å². The van der Waals surface area contributed by atoms with Gasteiger partial charge >= 0.3 is 0 Å². The fourth-order valence-corrected chi connectivity index (χ4v) is 12.3. The van der Waals surface area contributed by atoms with Crippen LogP contribution in [0, 0.1) is 27.7 Å². The highest BCUT2D eigenvalue weighted by Crippen LogP contribution is 2.56. The van der Waals surface area contributed by atoms with Crippen LogP contribution in [-0.4, -0.2) is 0 Å². The van der Waals surface area contributed by atoms with Gasteiger partial charge in [0.25, 0.3) is 0 Å². The van der Waals surface area contributed by atoms with Gasteiger partial charge in [0, 0.05) is 60.8 Å². The van der Waals surface area contributed by atoms with Crippen molar-refractivity contribution in [1.82, 2.24) is 0 Å². The maximum atomic E-state index is 6.25. The van der Waals surface area contributed by atoms with Gasteiger partial charge < -0.3 is 18.6 Å². The molecule has 2 aromatic heterocycles. The number of hydrogen-bond acceptors (Lipinski definition) is 4. The SMILES string of the molecule is Cc1ccc(N(c2cccc(-c3ccc4oc5ccccc5c4c3)c2)c2ccc3c(c2)C(C)(C)c2cc(N(c4cccc(-c5ccc6oc7ccccc7c6c5)c4)c4ccc(C)cc4C)c4ccccc4c2-3)c(C)c1. The Morgan fingerprint density at radius 3 is 1.37 bits per heavy atom. The minimum absolute atomic E-state index is 0.351. The number of rotatable bonds is 8. The van der Waals surface area contributed by atoms with E-state index < -0.39 is 0 Å². The largest absolute Gasteiger partial charge is 0.456 e. The minimum atomic E-state index is -0.351. The second-order valence-corrected chi connectivity index (χ2v) is 21.2. The first kappa shape index (κ1) is 44.6. The van der Waals surface area contributed by atoms with Crippen molar-refractivity contribution in [2.24, 2.45) is 0 Å². The van der Waals surface area contributed by atoms with Crippen LogP contribution in [0.2, 0.25) is 0 Å². The number of hydrogen-bond donors (Lipinski definition) is 0. The lowest BCUT2D eigenvalue weighted by Crippen LogP contribution is -2.18. The van der Waals surface area contributed by atoms with E-state index in [1.807, 2.05) is 24.3 Å². The van der Waals surface area contributed by atoms with Crippen molar-refractivity contribution in [2.45, 2.75) is 47.0 Å². The summed E-state index contributed by atoms with van der Waals surface area (Å²) in [5, 5.41) is 6.95. The molecule has 4 nitrogen and oxygen atoms in total. The molecule has 0 aliphatic heterocycles. The van der Waals surface area contributed by atoms with Crippen LogP contribution in [0.5, 0.6) is 0 Å². The summed E-state index contributed by atoms with van der Waals surface area (Å²) in [6, 6.07) is 80.1. The minimum Gasteiger partial charge on any atom is -0.456 e. The summed E-state index contributed by atoms with van der Waals surface area (Å²) in [6.07, 6.45) is 0. The van der Waals surface area contributed by atoms with Crippen molar-refractivity contribution < 1.29 is 8.83 Å². The third-order valence-corrected chi connectivity index (χ3v) is 16.0. The Hall–Kier alpha value is -9.12. The molecule has 75 heavy (non-hydrogen) atoms. The monoisotopic (exact) mass is 966 g/mol. The third-order valence-electron chi connectivity index (χ3n) is 16.0. The lowest BCUT2D eigenvalue weighted by Gasteiger charge is -2.31. The Kier molecular flexibility index (Phi) is 10.1. The molecule has 0 fully saturated rings. The predicted molar refractivity (Wildman–Crippen MR) is 315 cm³/mol. The number of fused-ring (bicyclic) bond motifs is 11. The fraction of sp³-hybridized carbons (Fsp3) is 0.0986. The smallest absolute Gasteiger partial charge is 0.135 e. The number of benzene rings is 11. The maximum absolute atomic E-state index is 6.25. The molecule has 4 heteroatoms. The van der Waals surface area contributed by atoms with Gasteiger partial charge in [-0.3, -0.25) is 0 Å². The van der Waals surface area contributed by atoms with E-state index in [4.69, 9.17) is 8.83 Å². The van der Waals surface area contributed by atoms with Gasteiger partial charge in [-0.25, -0.2) is 0 Å². The van der Waals surface area contributed by atoms with Crippen LogP contribution in [0.25, 0.3) is 88.0 Å². The highest BCUT2D eigenvalue weighted by molar-refractivity contribution is 6.11. The standard InChI is InChI=1S/C71H54N2O2/c1-43-25-31-63(45(3)35-43)72(51-17-13-15-47(37-51)49-27-33-68-59(39-49)55-20-9-11-23-66(55)74-68)53-29-30-58-61(41-53)71(5,6)62-42-65(54-19-7-8-22-57(54)70(58)62)73(64-32-26-44(2)36-46(64)4)52-18-14-16-48(38-52)50-28-34-69-60(40-50)56-21-10-12-24-67(56)75-69/h7-42H,1-6H3. The Labute approximate surface area is 437 Å². The van der Waals surface area contributed by atoms with Crippen molar-refractivity contribution in [3.05, 3.63) is 252 Å². The Morgan fingerprint density at radius 1 is 0.320 bits per heavy atom. The molecule has 1 aliphatic rings. The molecule has 0 N–H and O–H groups in total. The van der Waals surface area contributed by atoms with Crippen LogP contribution in [0.4, 0.5) is 34.1 Å². The Bertz CT molecular complexity index is 4470. The summed E-state index contributed by atoms with van der Waals surface area (Å²) >= 11 is 0. The second kappa shape index (κ2) is 17.0. The number of furan rings is 2. The van der Waals surface area contributed by atoms with Crippen LogP contribution >= 0.6 is 0 Å². The van der Waals surface area contributed by atoms with Gasteiger partial charge in [-0.1, -0.05) is 152 Å². The van der Waals surface area contributed by atoms with E-state index in [-0.39, 0.29) is 5.41 Å². The van der Waals surface area contributed by atoms with Crippen LogP contribution < -0.4 is 9.80 Å². The van der Waals surface area contributed by atoms with Crippen LogP contribution in [0.3, 0.4) is 0 Å². The van der Waals surface area contributed by atoms with Gasteiger partial charge in [0.15, 0.2) is 0 Å². The molecular formula is C71H54N2O2. The highest BCUT2D eigenvalue weighted by atomic mass is 16.3. The zero-order chi connectivity index (χ0) is 50.7. The molecular weight excluding hydrogens is 913 g/mol. The molecule has 0 amide bonds. The molecule has 2 heterocycles. The molecule has 14 rings (SSSR count). The van der Waals surface area contributed by atoms with Crippen molar-refractivity contribution in [2.75, 3.05) is 9.80 Å². The topological polar surface area (TPSA) is 32.8 Å². The van der Waals surface area contributed by atoms with Crippen LogP contribution in [0.1, 0.15) is 47.2 Å². The Balaban J connectivity index is 0.915. The van der Waals surface area contributed by atoms with Gasteiger partial charge in [0.2, 0.25) is 0 Å². The first-order valence-corrected chi connectivity index (χ1v) is 26.1. The third kappa shape index (κ3) is 7.19. The van der Waals surface area contributed by atoms with E-state index in [1.54, 1.807) is 0 Å². The molecule has 360 valence electrons. The lowest BCUT2D eigenvalue weighted by molar-refractivity contribution is 0.661. The van der Waals surface area contributed by atoms with E-state index in [9.17, 15) is 0 Å². The Morgan fingerprint density at radius 2 is 0.800 bits per heavy atom. The van der Waals surface area contributed by atoms with E-state index >= 15 is 0 Å². The summed E-state index contributed by atoms with van der Waals surface area (Å²) < 4.78 is 12.5. The number of para-hydroxylation sites is 2. The normalized spacial score (nSPS) is 12.8. The van der Waals surface area contributed by atoms with Crippen LogP contribution in [0.15, 0.2) is 227 Å². The van der Waals surface area contributed by atoms with Crippen molar-refractivity contribution in [1.29, 1.82) is 0 Å². The van der Waals surface area contributed by atoms with Gasteiger partial charge in [-0.2, -0.15) is 0 Å². The fourth-order valence-electron chi connectivity index (χ4n) is 12.3. The van der Waals surface area contributed by atoms with Crippen molar-refractivity contribution >= 4 is 88.8 Å². The molecule has 0 spiro atoms. The first-order chi connectivity index (χ1) is 36.6. The number of anilines is 6. The van der Waals surface area contributed by atoms with Crippen molar-refractivity contribution in [3.63, 3.8) is 0 Å². The molecule has 13 aromatic rings. The van der Waals surface area contributed by atoms with Gasteiger partial charge in [-0.05, 0) is 180 Å². The number of aryl methyl sites for hydroxylation is 4. The number of nitrogens with zero attached hydrogens (tertiary/aromatic N) is 2. The predicted octanol–water partition coefficient (Wildman–Crippen LogP) is 20.5.